The van der Waals surface area contributed by atoms with Crippen LogP contribution in [0.1, 0.15) is 33.6 Å². The average Bonchev–Trinajstić information content (AvgIpc) is 2.99. The van der Waals surface area contributed by atoms with Crippen LogP contribution in [0.15, 0.2) is 18.3 Å². The molecule has 2 aliphatic rings. The van der Waals surface area contributed by atoms with Gasteiger partial charge in [-0.3, -0.25) is 0 Å². The Labute approximate surface area is 135 Å². The lowest BCUT2D eigenvalue weighted by Gasteiger charge is -2.34. The molecule has 0 radical (unpaired) electrons. The third-order valence-electron chi connectivity index (χ3n) is 4.03. The summed E-state index contributed by atoms with van der Waals surface area (Å²) >= 11 is 5.83. The Morgan fingerprint density at radius 2 is 2.14 bits per heavy atom. The summed E-state index contributed by atoms with van der Waals surface area (Å²) in [4.78, 5) is 18.3. The van der Waals surface area contributed by atoms with Crippen LogP contribution in [0.25, 0.3) is 0 Å². The Morgan fingerprint density at radius 3 is 2.73 bits per heavy atom. The maximum Gasteiger partial charge on any atom is 0.410 e. The second kappa shape index (κ2) is 5.61. The topological polar surface area (TPSA) is 51.7 Å². The van der Waals surface area contributed by atoms with E-state index >= 15 is 0 Å². The van der Waals surface area contributed by atoms with Gasteiger partial charge >= 0.3 is 6.09 Å². The minimum absolute atomic E-state index is 0.0278. The number of rotatable bonds is 2. The van der Waals surface area contributed by atoms with E-state index in [2.05, 4.69) is 4.98 Å². The van der Waals surface area contributed by atoms with Gasteiger partial charge in [0, 0.05) is 18.8 Å². The van der Waals surface area contributed by atoms with Crippen LogP contribution in [0, 0.1) is 5.92 Å². The molecule has 1 saturated carbocycles. The minimum Gasteiger partial charge on any atom is -0.472 e. The number of ether oxygens (including phenoxy) is 2. The van der Waals surface area contributed by atoms with E-state index in [0.717, 1.165) is 19.4 Å². The van der Waals surface area contributed by atoms with Crippen LogP contribution < -0.4 is 4.74 Å². The Hall–Kier alpha value is -1.49. The summed E-state index contributed by atoms with van der Waals surface area (Å²) in [7, 11) is 0. The molecule has 3 rings (SSSR count). The molecule has 2 fully saturated rings. The summed E-state index contributed by atoms with van der Waals surface area (Å²) in [5, 5.41) is 0.579. The molecule has 0 N–H and O–H groups in total. The average molecular weight is 325 g/mol. The molecule has 0 spiro atoms. The Morgan fingerprint density at radius 1 is 1.36 bits per heavy atom. The van der Waals surface area contributed by atoms with Crippen LogP contribution >= 0.6 is 11.6 Å². The number of nitrogens with zero attached hydrogens (tertiary/aromatic N) is 2. The van der Waals surface area contributed by atoms with Crippen molar-refractivity contribution in [2.45, 2.75) is 51.4 Å². The van der Waals surface area contributed by atoms with Crippen LogP contribution in [-0.2, 0) is 4.74 Å². The molecule has 6 heteroatoms. The molecular weight excluding hydrogens is 304 g/mol. The summed E-state index contributed by atoms with van der Waals surface area (Å²) in [6.45, 7) is 6.40. The van der Waals surface area contributed by atoms with Gasteiger partial charge < -0.3 is 14.4 Å². The van der Waals surface area contributed by atoms with Crippen molar-refractivity contribution < 1.29 is 14.3 Å². The van der Waals surface area contributed by atoms with Crippen molar-refractivity contribution in [3.05, 3.63) is 23.4 Å². The monoisotopic (exact) mass is 324 g/mol. The van der Waals surface area contributed by atoms with Crippen molar-refractivity contribution >= 4 is 17.7 Å². The summed E-state index contributed by atoms with van der Waals surface area (Å²) in [5.41, 5.74) is -0.479. The Bertz CT molecular complexity index is 556. The van der Waals surface area contributed by atoms with Crippen molar-refractivity contribution in [2.75, 3.05) is 6.54 Å². The molecule has 1 aliphatic carbocycles. The predicted octanol–water partition coefficient (Wildman–Crippen LogP) is 3.51. The highest BCUT2D eigenvalue weighted by molar-refractivity contribution is 6.30. The second-order valence-corrected chi connectivity index (χ2v) is 7.44. The Kier molecular flexibility index (Phi) is 3.93. The van der Waals surface area contributed by atoms with Crippen molar-refractivity contribution in [2.24, 2.45) is 5.92 Å². The quantitative estimate of drug-likeness (QED) is 0.835. The fourth-order valence-electron chi connectivity index (χ4n) is 3.21. The van der Waals surface area contributed by atoms with Gasteiger partial charge in [0.15, 0.2) is 0 Å². The summed E-state index contributed by atoms with van der Waals surface area (Å²) < 4.78 is 11.4. The van der Waals surface area contributed by atoms with E-state index in [1.807, 2.05) is 20.8 Å². The molecule has 1 amide bonds. The lowest BCUT2D eigenvalue weighted by molar-refractivity contribution is 0.00213. The molecule has 1 saturated heterocycles. The van der Waals surface area contributed by atoms with Crippen molar-refractivity contribution in [1.29, 1.82) is 0 Å². The number of hydrogen-bond acceptors (Lipinski definition) is 4. The highest BCUT2D eigenvalue weighted by Gasteiger charge is 2.49. The number of halogens is 1. The molecular formula is C16H21ClN2O3. The molecule has 22 heavy (non-hydrogen) atoms. The molecule has 3 unspecified atom stereocenters. The van der Waals surface area contributed by atoms with Crippen molar-refractivity contribution in [3.8, 4) is 5.88 Å². The highest BCUT2D eigenvalue weighted by Crippen LogP contribution is 2.40. The van der Waals surface area contributed by atoms with Gasteiger partial charge in [-0.1, -0.05) is 11.6 Å². The maximum atomic E-state index is 12.3. The molecule has 1 aromatic heterocycles. The first-order chi connectivity index (χ1) is 10.3. The van der Waals surface area contributed by atoms with E-state index in [4.69, 9.17) is 21.1 Å². The lowest BCUT2D eigenvalue weighted by Crippen LogP contribution is -2.48. The molecule has 2 bridgehead atoms. The molecule has 2 heterocycles. The third kappa shape index (κ3) is 3.29. The van der Waals surface area contributed by atoms with Gasteiger partial charge in [0.05, 0.1) is 11.1 Å². The molecule has 3 atom stereocenters. The van der Waals surface area contributed by atoms with Gasteiger partial charge in [-0.2, -0.15) is 0 Å². The first-order valence-electron chi connectivity index (χ1n) is 7.59. The molecule has 0 aromatic carbocycles. The van der Waals surface area contributed by atoms with Gasteiger partial charge in [-0.25, -0.2) is 9.78 Å². The van der Waals surface area contributed by atoms with Crippen LogP contribution in [0.5, 0.6) is 5.88 Å². The van der Waals surface area contributed by atoms with Gasteiger partial charge in [-0.05, 0) is 45.6 Å². The predicted molar refractivity (Wildman–Crippen MR) is 83.1 cm³/mol. The SMILES string of the molecule is CC(C)(C)OC(=O)N1CC2CC(Oc3ccc(Cl)cn3)C1C2. The summed E-state index contributed by atoms with van der Waals surface area (Å²) in [5.74, 6) is 1.03. The minimum atomic E-state index is -0.479. The zero-order valence-electron chi connectivity index (χ0n) is 13.1. The normalized spacial score (nSPS) is 27.1. The fourth-order valence-corrected chi connectivity index (χ4v) is 3.32. The number of hydrogen-bond donors (Lipinski definition) is 0. The summed E-state index contributed by atoms with van der Waals surface area (Å²) in [6.07, 6.45) is 3.21. The van der Waals surface area contributed by atoms with E-state index in [9.17, 15) is 4.79 Å². The zero-order chi connectivity index (χ0) is 15.9. The van der Waals surface area contributed by atoms with E-state index < -0.39 is 5.60 Å². The molecule has 1 aliphatic heterocycles. The highest BCUT2D eigenvalue weighted by atomic mass is 35.5. The first-order valence-corrected chi connectivity index (χ1v) is 7.97. The van der Waals surface area contributed by atoms with Gasteiger partial charge in [0.1, 0.15) is 11.7 Å². The maximum absolute atomic E-state index is 12.3. The summed E-state index contributed by atoms with van der Waals surface area (Å²) in [6, 6.07) is 3.58. The van der Waals surface area contributed by atoms with Crippen LogP contribution in [0.4, 0.5) is 4.79 Å². The molecule has 120 valence electrons. The lowest BCUT2D eigenvalue weighted by atomic mass is 10.1. The standard InChI is InChI=1S/C16H21ClN2O3/c1-16(2,3)22-15(20)19-9-10-6-12(19)13(7-10)21-14-5-4-11(17)8-18-14/h4-5,8,10,12-13H,6-7,9H2,1-3H3. The van der Waals surface area contributed by atoms with Crippen molar-refractivity contribution in [3.63, 3.8) is 0 Å². The number of fused-ring (bicyclic) bond motifs is 2. The number of likely N-dealkylation sites (tertiary alicyclic amines) is 1. The molecule has 5 nitrogen and oxygen atoms in total. The zero-order valence-corrected chi connectivity index (χ0v) is 13.8. The van der Waals surface area contributed by atoms with E-state index in [1.165, 1.54) is 0 Å². The van der Waals surface area contributed by atoms with Gasteiger partial charge in [0.25, 0.3) is 0 Å². The number of amides is 1. The van der Waals surface area contributed by atoms with E-state index in [-0.39, 0.29) is 18.2 Å². The van der Waals surface area contributed by atoms with E-state index in [1.54, 1.807) is 23.2 Å². The van der Waals surface area contributed by atoms with Crippen LogP contribution in [0.2, 0.25) is 5.02 Å². The number of aromatic nitrogens is 1. The molecule has 1 aromatic rings. The first kappa shape index (κ1) is 15.4. The number of carbonyl (C=O) groups excluding carboxylic acids is 1. The third-order valence-corrected chi connectivity index (χ3v) is 4.25. The van der Waals surface area contributed by atoms with E-state index in [0.29, 0.717) is 16.8 Å². The number of pyridine rings is 1. The smallest absolute Gasteiger partial charge is 0.410 e. The fraction of sp³-hybridized carbons (Fsp3) is 0.625. The second-order valence-electron chi connectivity index (χ2n) is 7.01. The number of carbonyl (C=O) groups is 1. The van der Waals surface area contributed by atoms with Gasteiger partial charge in [-0.15, -0.1) is 0 Å². The Balaban J connectivity index is 1.66. The van der Waals surface area contributed by atoms with Crippen molar-refractivity contribution in [1.82, 2.24) is 9.88 Å². The number of piperidine rings is 1. The van der Waals surface area contributed by atoms with Gasteiger partial charge in [0.2, 0.25) is 5.88 Å². The van der Waals surface area contributed by atoms with Crippen LogP contribution in [0.3, 0.4) is 0 Å². The van der Waals surface area contributed by atoms with Crippen LogP contribution in [-0.4, -0.2) is 40.3 Å². The largest absolute Gasteiger partial charge is 0.472 e.